The first-order valence-corrected chi connectivity index (χ1v) is 6.60. The Balaban J connectivity index is 2.60. The maximum Gasteiger partial charge on any atom is 0.421 e. The molecule has 0 radical (unpaired) electrons. The van der Waals surface area contributed by atoms with Gasteiger partial charge < -0.3 is 15.4 Å². The average molecular weight is 304 g/mol. The second-order valence-corrected chi connectivity index (χ2v) is 4.11. The fourth-order valence-corrected chi connectivity index (χ4v) is 1.67. The van der Waals surface area contributed by atoms with Crippen LogP contribution >= 0.6 is 0 Å². The third kappa shape index (κ3) is 5.13. The molecule has 0 spiro atoms. The van der Waals surface area contributed by atoms with E-state index >= 15 is 0 Å². The monoisotopic (exact) mass is 304 g/mol. The molecule has 0 saturated heterocycles. The van der Waals surface area contributed by atoms with E-state index in [1.807, 2.05) is 18.7 Å². The number of ether oxygens (including phenoxy) is 1. The number of hydrogen-bond donors (Lipinski definition) is 1. The largest absolute Gasteiger partial charge is 0.475 e. The molecule has 8 heteroatoms. The van der Waals surface area contributed by atoms with Gasteiger partial charge in [-0.2, -0.15) is 13.2 Å². The molecule has 21 heavy (non-hydrogen) atoms. The summed E-state index contributed by atoms with van der Waals surface area (Å²) in [6, 6.07) is 2.14. The number of nitrogens with zero attached hydrogens (tertiary/aromatic N) is 3. The Labute approximate surface area is 121 Å². The first-order chi connectivity index (χ1) is 9.90. The minimum atomic E-state index is -4.49. The normalized spacial score (nSPS) is 12.3. The third-order valence-corrected chi connectivity index (χ3v) is 2.77. The Morgan fingerprint density at radius 2 is 2.05 bits per heavy atom. The van der Waals surface area contributed by atoms with Gasteiger partial charge in [-0.1, -0.05) is 0 Å². The van der Waals surface area contributed by atoms with Gasteiger partial charge in [-0.15, -0.1) is 0 Å². The number of guanidine groups is 1. The zero-order valence-electron chi connectivity index (χ0n) is 12.0. The van der Waals surface area contributed by atoms with Gasteiger partial charge in [-0.3, -0.25) is 0 Å². The van der Waals surface area contributed by atoms with Crippen LogP contribution in [0.25, 0.3) is 0 Å². The van der Waals surface area contributed by atoms with Crippen molar-refractivity contribution in [3.63, 3.8) is 0 Å². The molecule has 0 aliphatic carbocycles. The van der Waals surface area contributed by atoms with Crippen molar-refractivity contribution in [3.05, 3.63) is 23.9 Å². The smallest absolute Gasteiger partial charge is 0.421 e. The van der Waals surface area contributed by atoms with Crippen LogP contribution in [0, 0.1) is 0 Å². The zero-order chi connectivity index (χ0) is 15.9. The molecule has 0 unspecified atom stereocenters. The van der Waals surface area contributed by atoms with E-state index in [0.717, 1.165) is 6.07 Å². The summed E-state index contributed by atoms with van der Waals surface area (Å²) in [6.45, 7) is 5.44. The van der Waals surface area contributed by atoms with Crippen LogP contribution in [0.2, 0.25) is 0 Å². The van der Waals surface area contributed by atoms with Gasteiger partial charge in [0, 0.05) is 19.3 Å². The second-order valence-electron chi connectivity index (χ2n) is 4.11. The van der Waals surface area contributed by atoms with Crippen molar-refractivity contribution in [2.24, 2.45) is 10.7 Å². The van der Waals surface area contributed by atoms with Crippen molar-refractivity contribution in [2.45, 2.75) is 20.0 Å². The highest BCUT2D eigenvalue weighted by molar-refractivity contribution is 5.77. The van der Waals surface area contributed by atoms with Gasteiger partial charge >= 0.3 is 6.18 Å². The number of alkyl halides is 3. The number of aromatic nitrogens is 1. The third-order valence-electron chi connectivity index (χ3n) is 2.77. The number of rotatable bonds is 6. The SMILES string of the molecule is CCN(CC)C(N)=NCCOc1ncccc1C(F)(F)F. The molecule has 1 aromatic rings. The van der Waals surface area contributed by atoms with E-state index in [9.17, 15) is 13.2 Å². The first-order valence-electron chi connectivity index (χ1n) is 6.60. The van der Waals surface area contributed by atoms with E-state index < -0.39 is 17.6 Å². The fourth-order valence-electron chi connectivity index (χ4n) is 1.67. The van der Waals surface area contributed by atoms with Crippen molar-refractivity contribution in [1.82, 2.24) is 9.88 Å². The van der Waals surface area contributed by atoms with Gasteiger partial charge in [-0.25, -0.2) is 9.98 Å². The molecule has 1 aromatic heterocycles. The number of nitrogens with two attached hydrogens (primary N) is 1. The summed E-state index contributed by atoms with van der Waals surface area (Å²) in [6.07, 6.45) is -3.24. The van der Waals surface area contributed by atoms with E-state index in [-0.39, 0.29) is 13.2 Å². The lowest BCUT2D eigenvalue weighted by Crippen LogP contribution is -2.37. The maximum atomic E-state index is 12.7. The number of aliphatic imine (C=N–C) groups is 1. The number of halogens is 3. The highest BCUT2D eigenvalue weighted by atomic mass is 19.4. The molecule has 0 aliphatic rings. The van der Waals surface area contributed by atoms with E-state index in [1.54, 1.807) is 0 Å². The van der Waals surface area contributed by atoms with Gasteiger partial charge in [0.05, 0.1) is 6.54 Å². The van der Waals surface area contributed by atoms with Gasteiger partial charge in [0.25, 0.3) is 0 Å². The molecule has 1 heterocycles. The van der Waals surface area contributed by atoms with Crippen molar-refractivity contribution in [3.8, 4) is 5.88 Å². The molecule has 0 amide bonds. The molecule has 0 fully saturated rings. The molecule has 118 valence electrons. The molecule has 0 aliphatic heterocycles. The summed E-state index contributed by atoms with van der Waals surface area (Å²) >= 11 is 0. The highest BCUT2D eigenvalue weighted by Gasteiger charge is 2.34. The van der Waals surface area contributed by atoms with Crippen molar-refractivity contribution < 1.29 is 17.9 Å². The standard InChI is InChI=1S/C13H19F3N4O/c1-3-20(4-2)12(17)19-8-9-21-11-10(13(14,15)16)6-5-7-18-11/h5-7H,3-4,8-9H2,1-2H3,(H2,17,19). The van der Waals surface area contributed by atoms with Crippen molar-refractivity contribution >= 4 is 5.96 Å². The van der Waals surface area contributed by atoms with E-state index in [1.165, 1.54) is 12.3 Å². The maximum absolute atomic E-state index is 12.7. The number of pyridine rings is 1. The summed E-state index contributed by atoms with van der Waals surface area (Å²) in [7, 11) is 0. The summed E-state index contributed by atoms with van der Waals surface area (Å²) < 4.78 is 43.2. The van der Waals surface area contributed by atoms with Gasteiger partial charge in [-0.05, 0) is 26.0 Å². The summed E-state index contributed by atoms with van der Waals surface area (Å²) in [5.41, 5.74) is 4.84. The van der Waals surface area contributed by atoms with Crippen LogP contribution in [0.5, 0.6) is 5.88 Å². The van der Waals surface area contributed by atoms with Crippen molar-refractivity contribution in [2.75, 3.05) is 26.2 Å². The summed E-state index contributed by atoms with van der Waals surface area (Å²) in [4.78, 5) is 9.49. The van der Waals surface area contributed by atoms with Crippen LogP contribution in [-0.4, -0.2) is 42.1 Å². The van der Waals surface area contributed by atoms with Crippen LogP contribution in [0.1, 0.15) is 19.4 Å². The first kappa shape index (κ1) is 17.1. The zero-order valence-corrected chi connectivity index (χ0v) is 12.0. The quantitative estimate of drug-likeness (QED) is 0.497. The van der Waals surface area contributed by atoms with Crippen LogP contribution in [0.4, 0.5) is 13.2 Å². The Morgan fingerprint density at radius 1 is 1.38 bits per heavy atom. The molecular weight excluding hydrogens is 285 g/mol. The fraction of sp³-hybridized carbons (Fsp3) is 0.538. The minimum Gasteiger partial charge on any atom is -0.475 e. The van der Waals surface area contributed by atoms with Gasteiger partial charge in [0.15, 0.2) is 5.96 Å². The highest BCUT2D eigenvalue weighted by Crippen LogP contribution is 2.34. The van der Waals surface area contributed by atoms with Gasteiger partial charge in [0.2, 0.25) is 5.88 Å². The molecule has 0 saturated carbocycles. The lowest BCUT2D eigenvalue weighted by atomic mass is 10.2. The van der Waals surface area contributed by atoms with Gasteiger partial charge in [0.1, 0.15) is 12.2 Å². The molecular formula is C13H19F3N4O. The Kier molecular flexibility index (Phi) is 6.26. The van der Waals surface area contributed by atoms with E-state index in [4.69, 9.17) is 10.5 Å². The molecule has 2 N–H and O–H groups in total. The van der Waals surface area contributed by atoms with Crippen LogP contribution in [-0.2, 0) is 6.18 Å². The Hall–Kier alpha value is -1.99. The summed E-state index contributed by atoms with van der Waals surface area (Å²) in [5.74, 6) is -0.0951. The predicted octanol–water partition coefficient (Wildman–Crippen LogP) is 2.14. The van der Waals surface area contributed by atoms with Crippen LogP contribution < -0.4 is 10.5 Å². The number of hydrogen-bond acceptors (Lipinski definition) is 3. The Morgan fingerprint density at radius 3 is 2.62 bits per heavy atom. The summed E-state index contributed by atoms with van der Waals surface area (Å²) in [5, 5.41) is 0. The van der Waals surface area contributed by atoms with E-state index in [0.29, 0.717) is 19.0 Å². The molecule has 0 aromatic carbocycles. The second kappa shape index (κ2) is 7.70. The predicted molar refractivity (Wildman–Crippen MR) is 74.1 cm³/mol. The minimum absolute atomic E-state index is 0.0257. The topological polar surface area (TPSA) is 63.7 Å². The molecule has 5 nitrogen and oxygen atoms in total. The lowest BCUT2D eigenvalue weighted by Gasteiger charge is -2.19. The molecule has 0 bridgehead atoms. The van der Waals surface area contributed by atoms with E-state index in [2.05, 4.69) is 9.98 Å². The molecule has 0 atom stereocenters. The molecule has 1 rings (SSSR count). The van der Waals surface area contributed by atoms with Crippen molar-refractivity contribution in [1.29, 1.82) is 0 Å². The Bertz CT molecular complexity index is 473. The average Bonchev–Trinajstić information content (AvgIpc) is 2.44. The van der Waals surface area contributed by atoms with Crippen LogP contribution in [0.15, 0.2) is 23.3 Å². The van der Waals surface area contributed by atoms with Crippen LogP contribution in [0.3, 0.4) is 0 Å². The lowest BCUT2D eigenvalue weighted by molar-refractivity contribution is -0.139.